The number of nitrogens with one attached hydrogen (secondary N) is 1. The highest BCUT2D eigenvalue weighted by Crippen LogP contribution is 2.46. The maximum atomic E-state index is 15.0. The number of carboxylic acids is 1. The van der Waals surface area contributed by atoms with E-state index in [1.807, 2.05) is 18.7 Å². The van der Waals surface area contributed by atoms with E-state index in [0.29, 0.717) is 72.4 Å². The van der Waals surface area contributed by atoms with Gasteiger partial charge in [0.05, 0.1) is 23.0 Å². The standard InChI is InChI=1S/C35H39ClF3N7O4/c1-4-28-34(19-25(41-28)32(47)48)11-14-45(15-12-34)29-18-30(43-33(40)42-29)50-31(35(37,38)39)23-8-6-22(17-26(23)46-13-10-20(3)44-46)21-7-9-27(49-5-2)24(36)16-21/h6-10,13,16-18,25,28,31,41H,4-5,11-12,14-15,19H2,1-3H3,(H,47,48)(H2,40,42,43)/t25?,28?,31-/m1/s1. The van der Waals surface area contributed by atoms with Crippen LogP contribution >= 0.6 is 11.6 Å². The van der Waals surface area contributed by atoms with Gasteiger partial charge in [0, 0.05) is 37.0 Å². The third-order valence-corrected chi connectivity index (χ3v) is 9.93. The molecule has 266 valence electrons. The summed E-state index contributed by atoms with van der Waals surface area (Å²) in [5, 5.41) is 17.7. The third-order valence-electron chi connectivity index (χ3n) is 9.63. The molecule has 6 rings (SSSR count). The second-order valence-electron chi connectivity index (χ2n) is 12.8. The number of carbonyl (C=O) groups is 1. The Morgan fingerprint density at radius 1 is 1.12 bits per heavy atom. The molecule has 0 saturated carbocycles. The first-order valence-electron chi connectivity index (χ1n) is 16.5. The molecule has 0 amide bonds. The number of hydrogen-bond acceptors (Lipinski definition) is 9. The zero-order valence-corrected chi connectivity index (χ0v) is 28.6. The highest BCUT2D eigenvalue weighted by Gasteiger charge is 2.50. The van der Waals surface area contributed by atoms with E-state index in [4.69, 9.17) is 26.8 Å². The molecule has 1 spiro atoms. The van der Waals surface area contributed by atoms with Crippen LogP contribution in [0.2, 0.25) is 5.02 Å². The molecule has 2 aliphatic heterocycles. The summed E-state index contributed by atoms with van der Waals surface area (Å²) in [7, 11) is 0. The molecule has 2 unspecified atom stereocenters. The number of nitrogens with two attached hydrogens (primary N) is 1. The lowest BCUT2D eigenvalue weighted by atomic mass is 9.71. The summed E-state index contributed by atoms with van der Waals surface area (Å²) in [5.41, 5.74) is 7.70. The van der Waals surface area contributed by atoms with Crippen molar-refractivity contribution >= 4 is 29.3 Å². The summed E-state index contributed by atoms with van der Waals surface area (Å²) >= 11 is 6.43. The van der Waals surface area contributed by atoms with Crippen LogP contribution in [0.1, 0.15) is 56.9 Å². The number of hydrogen-bond donors (Lipinski definition) is 3. The average Bonchev–Trinajstić information content (AvgIpc) is 3.67. The fraction of sp³-hybridized carbons (Fsp3) is 0.429. The first-order valence-corrected chi connectivity index (χ1v) is 16.9. The van der Waals surface area contributed by atoms with E-state index in [0.717, 1.165) is 6.42 Å². The fourth-order valence-electron chi connectivity index (χ4n) is 7.20. The maximum Gasteiger partial charge on any atom is 0.429 e. The lowest BCUT2D eigenvalue weighted by Gasteiger charge is -2.43. The number of aryl methyl sites for hydroxylation is 1. The van der Waals surface area contributed by atoms with Crippen LogP contribution in [0.5, 0.6) is 11.6 Å². The Labute approximate surface area is 292 Å². The van der Waals surface area contributed by atoms with Gasteiger partial charge in [0.15, 0.2) is 0 Å². The predicted octanol–water partition coefficient (Wildman–Crippen LogP) is 6.77. The van der Waals surface area contributed by atoms with Crippen molar-refractivity contribution in [3.8, 4) is 28.4 Å². The van der Waals surface area contributed by atoms with Crippen LogP contribution < -0.4 is 25.4 Å². The van der Waals surface area contributed by atoms with Gasteiger partial charge in [-0.2, -0.15) is 28.2 Å². The molecule has 2 fully saturated rings. The Bertz CT molecular complexity index is 1860. The predicted molar refractivity (Wildman–Crippen MR) is 183 cm³/mol. The largest absolute Gasteiger partial charge is 0.492 e. The Hall–Kier alpha value is -4.56. The Morgan fingerprint density at radius 3 is 2.46 bits per heavy atom. The van der Waals surface area contributed by atoms with Crippen LogP contribution in [0.4, 0.5) is 24.9 Å². The SMILES string of the molecule is CCOc1ccc(-c2ccc([C@@H](Oc3cc(N4CCC5(CC4)CC(C(=O)O)NC5CC)nc(N)n3)C(F)(F)F)c(-n3ccc(C)n3)c2)cc1Cl. The number of piperidine rings is 1. The maximum absolute atomic E-state index is 15.0. The molecule has 0 radical (unpaired) electrons. The number of aromatic nitrogens is 4. The Balaban J connectivity index is 1.31. The smallest absolute Gasteiger partial charge is 0.429 e. The molecular weight excluding hydrogens is 675 g/mol. The van der Waals surface area contributed by atoms with Gasteiger partial charge in [0.1, 0.15) is 17.6 Å². The molecule has 2 aliphatic rings. The summed E-state index contributed by atoms with van der Waals surface area (Å²) < 4.78 is 57.5. The molecule has 4 aromatic rings. The number of benzene rings is 2. The van der Waals surface area contributed by atoms with Gasteiger partial charge >= 0.3 is 12.1 Å². The summed E-state index contributed by atoms with van der Waals surface area (Å²) in [6, 6.07) is 12.2. The van der Waals surface area contributed by atoms with Crippen LogP contribution in [0.15, 0.2) is 54.7 Å². The number of carboxylic acid groups (broad SMARTS) is 1. The zero-order chi connectivity index (χ0) is 35.8. The van der Waals surface area contributed by atoms with Crippen LogP contribution in [-0.4, -0.2) is 68.8 Å². The first-order chi connectivity index (χ1) is 23.8. The van der Waals surface area contributed by atoms with E-state index in [9.17, 15) is 23.1 Å². The second kappa shape index (κ2) is 14.0. The number of ether oxygens (including phenoxy) is 2. The normalized spacial score (nSPS) is 19.5. The van der Waals surface area contributed by atoms with Crippen molar-refractivity contribution in [1.29, 1.82) is 0 Å². The van der Waals surface area contributed by atoms with Gasteiger partial charge < -0.3 is 30.5 Å². The van der Waals surface area contributed by atoms with Crippen LogP contribution in [0.25, 0.3) is 16.8 Å². The van der Waals surface area contributed by atoms with E-state index in [2.05, 4.69) is 20.4 Å². The van der Waals surface area contributed by atoms with Gasteiger partial charge in [-0.1, -0.05) is 36.7 Å². The topological polar surface area (TPSA) is 141 Å². The quantitative estimate of drug-likeness (QED) is 0.161. The fourth-order valence-corrected chi connectivity index (χ4v) is 7.43. The number of alkyl halides is 3. The minimum atomic E-state index is -4.86. The molecule has 4 N–H and O–H groups in total. The molecule has 11 nitrogen and oxygen atoms in total. The summed E-state index contributed by atoms with van der Waals surface area (Å²) in [6.07, 6.45) is -3.03. The monoisotopic (exact) mass is 713 g/mol. The Morgan fingerprint density at radius 2 is 1.84 bits per heavy atom. The van der Waals surface area contributed by atoms with E-state index in [-0.39, 0.29) is 34.5 Å². The third kappa shape index (κ3) is 7.17. The highest BCUT2D eigenvalue weighted by atomic mass is 35.5. The van der Waals surface area contributed by atoms with Crippen molar-refractivity contribution in [1.82, 2.24) is 25.1 Å². The summed E-state index contributed by atoms with van der Waals surface area (Å²) in [4.78, 5) is 22.0. The van der Waals surface area contributed by atoms with Crippen LogP contribution in [0.3, 0.4) is 0 Å². The van der Waals surface area contributed by atoms with Crippen molar-refractivity contribution in [2.24, 2.45) is 5.41 Å². The van der Waals surface area contributed by atoms with E-state index < -0.39 is 24.3 Å². The molecule has 0 aliphatic carbocycles. The van der Waals surface area contributed by atoms with Crippen LogP contribution in [0, 0.1) is 12.3 Å². The summed E-state index contributed by atoms with van der Waals surface area (Å²) in [6.45, 7) is 7.08. The van der Waals surface area contributed by atoms with Crippen molar-refractivity contribution < 1.29 is 32.5 Å². The van der Waals surface area contributed by atoms with Crippen molar-refractivity contribution in [2.45, 2.75) is 70.8 Å². The second-order valence-corrected chi connectivity index (χ2v) is 13.2. The van der Waals surface area contributed by atoms with Gasteiger partial charge in [-0.15, -0.1) is 0 Å². The average molecular weight is 714 g/mol. The lowest BCUT2D eigenvalue weighted by Crippen LogP contribution is -2.46. The number of nitrogens with zero attached hydrogens (tertiary/aromatic N) is 5. The molecule has 2 aromatic carbocycles. The lowest BCUT2D eigenvalue weighted by molar-refractivity contribution is -0.198. The van der Waals surface area contributed by atoms with Gasteiger partial charge in [-0.3, -0.25) is 4.79 Å². The van der Waals surface area contributed by atoms with Crippen molar-refractivity contribution in [2.75, 3.05) is 30.3 Å². The van der Waals surface area contributed by atoms with E-state index in [1.54, 1.807) is 49.5 Å². The highest BCUT2D eigenvalue weighted by molar-refractivity contribution is 6.32. The number of rotatable bonds is 10. The summed E-state index contributed by atoms with van der Waals surface area (Å²) in [5.74, 6) is -0.594. The number of anilines is 2. The number of aliphatic carboxylic acids is 1. The Kier molecular flexibility index (Phi) is 9.86. The van der Waals surface area contributed by atoms with Gasteiger partial charge in [-0.25, -0.2) is 4.68 Å². The van der Waals surface area contributed by atoms with E-state index in [1.165, 1.54) is 16.8 Å². The minimum absolute atomic E-state index is 0.0539. The number of nitrogen functional groups attached to an aromatic ring is 1. The van der Waals surface area contributed by atoms with Crippen molar-refractivity contribution in [3.05, 3.63) is 71.0 Å². The molecule has 4 heterocycles. The van der Waals surface area contributed by atoms with Gasteiger partial charge in [0.2, 0.25) is 17.9 Å². The van der Waals surface area contributed by atoms with Gasteiger partial charge in [0.25, 0.3) is 0 Å². The van der Waals surface area contributed by atoms with E-state index >= 15 is 0 Å². The molecule has 15 heteroatoms. The molecular formula is C35H39ClF3N7O4. The van der Waals surface area contributed by atoms with Crippen molar-refractivity contribution in [3.63, 3.8) is 0 Å². The van der Waals surface area contributed by atoms with Gasteiger partial charge in [-0.05, 0) is 80.3 Å². The first kappa shape index (κ1) is 35.3. The minimum Gasteiger partial charge on any atom is -0.492 e. The molecule has 2 saturated heterocycles. The number of halogens is 4. The van der Waals surface area contributed by atoms with Crippen LogP contribution in [-0.2, 0) is 4.79 Å². The molecule has 0 bridgehead atoms. The zero-order valence-electron chi connectivity index (χ0n) is 27.9. The molecule has 2 aromatic heterocycles. The molecule has 50 heavy (non-hydrogen) atoms. The molecule has 3 atom stereocenters.